The number of nitrogens with one attached hydrogen (secondary N) is 1. The number of carbonyl (C=O) groups is 1. The van der Waals surface area contributed by atoms with E-state index < -0.39 is 0 Å². The summed E-state index contributed by atoms with van der Waals surface area (Å²) in [5, 5.41) is 5.57. The number of nitrogens with zero attached hydrogens (tertiary/aromatic N) is 2. The van der Waals surface area contributed by atoms with E-state index >= 15 is 0 Å². The Labute approximate surface area is 148 Å². The van der Waals surface area contributed by atoms with Gasteiger partial charge in [0.2, 0.25) is 0 Å². The third-order valence-electron chi connectivity index (χ3n) is 5.28. The van der Waals surface area contributed by atoms with E-state index in [4.69, 9.17) is 4.74 Å². The highest BCUT2D eigenvalue weighted by Crippen LogP contribution is 2.25. The number of benzene rings is 2. The Hall–Kier alpha value is -2.11. The van der Waals surface area contributed by atoms with Gasteiger partial charge in [-0.25, -0.2) is 0 Å². The number of fused-ring (bicyclic) bond motifs is 1. The molecule has 0 saturated carbocycles. The third kappa shape index (κ3) is 3.62. The molecule has 132 valence electrons. The summed E-state index contributed by atoms with van der Waals surface area (Å²) >= 11 is 0. The van der Waals surface area contributed by atoms with Crippen LogP contribution in [0.2, 0.25) is 0 Å². The molecule has 1 atom stereocenters. The third-order valence-corrected chi connectivity index (χ3v) is 5.28. The first kappa shape index (κ1) is 16.4. The molecule has 2 aliphatic rings. The maximum absolute atomic E-state index is 12.6. The molecule has 25 heavy (non-hydrogen) atoms. The zero-order valence-corrected chi connectivity index (χ0v) is 14.5. The summed E-state index contributed by atoms with van der Waals surface area (Å²) < 4.78 is 5.86. The van der Waals surface area contributed by atoms with Crippen molar-refractivity contribution < 1.29 is 9.53 Å². The highest BCUT2D eigenvalue weighted by Gasteiger charge is 2.30. The molecule has 5 nitrogen and oxygen atoms in total. The van der Waals surface area contributed by atoms with E-state index in [-0.39, 0.29) is 12.5 Å². The smallest absolute Gasteiger partial charge is 0.260 e. The highest BCUT2D eigenvalue weighted by molar-refractivity contribution is 5.88. The van der Waals surface area contributed by atoms with Crippen LogP contribution in [0.15, 0.2) is 42.5 Å². The van der Waals surface area contributed by atoms with Crippen LogP contribution in [0.4, 0.5) is 0 Å². The SMILES string of the molecule is O=C(COc1cccc2ccccc12)N1CCC(N2CCNCC2)C1. The quantitative estimate of drug-likeness (QED) is 0.921. The molecule has 2 aliphatic heterocycles. The fourth-order valence-corrected chi connectivity index (χ4v) is 3.87. The van der Waals surface area contributed by atoms with Crippen LogP contribution in [-0.2, 0) is 4.79 Å². The predicted molar refractivity (Wildman–Crippen MR) is 98.9 cm³/mol. The van der Waals surface area contributed by atoms with Crippen molar-refractivity contribution in [3.05, 3.63) is 42.5 Å². The highest BCUT2D eigenvalue weighted by atomic mass is 16.5. The Morgan fingerprint density at radius 1 is 1.08 bits per heavy atom. The van der Waals surface area contributed by atoms with Crippen LogP contribution in [0.3, 0.4) is 0 Å². The molecule has 0 aliphatic carbocycles. The van der Waals surface area contributed by atoms with Crippen molar-refractivity contribution in [3.63, 3.8) is 0 Å². The minimum absolute atomic E-state index is 0.0885. The molecule has 2 saturated heterocycles. The van der Waals surface area contributed by atoms with Crippen molar-refractivity contribution in [2.75, 3.05) is 45.9 Å². The first-order valence-corrected chi connectivity index (χ1v) is 9.14. The number of rotatable bonds is 4. The Kier molecular flexibility index (Phi) is 4.85. The van der Waals surface area contributed by atoms with Gasteiger partial charge in [0.1, 0.15) is 5.75 Å². The second-order valence-electron chi connectivity index (χ2n) is 6.83. The van der Waals surface area contributed by atoms with Crippen molar-refractivity contribution in [1.29, 1.82) is 0 Å². The maximum atomic E-state index is 12.6. The first-order chi connectivity index (χ1) is 12.3. The van der Waals surface area contributed by atoms with Crippen LogP contribution >= 0.6 is 0 Å². The Balaban J connectivity index is 1.34. The van der Waals surface area contributed by atoms with E-state index in [2.05, 4.69) is 22.3 Å². The zero-order valence-electron chi connectivity index (χ0n) is 14.5. The number of likely N-dealkylation sites (tertiary alicyclic amines) is 1. The number of hydrogen-bond acceptors (Lipinski definition) is 4. The lowest BCUT2D eigenvalue weighted by molar-refractivity contribution is -0.132. The van der Waals surface area contributed by atoms with Gasteiger partial charge in [-0.3, -0.25) is 9.69 Å². The average Bonchev–Trinajstić information content (AvgIpc) is 3.17. The molecule has 2 aromatic carbocycles. The standard InChI is InChI=1S/C20H25N3O2/c24-20(23-11-8-17(14-23)22-12-9-21-10-13-22)15-25-19-7-3-5-16-4-1-2-6-18(16)19/h1-7,17,21H,8-15H2. The van der Waals surface area contributed by atoms with Gasteiger partial charge in [0, 0.05) is 50.7 Å². The monoisotopic (exact) mass is 339 g/mol. The number of carbonyl (C=O) groups excluding carboxylic acids is 1. The van der Waals surface area contributed by atoms with Crippen LogP contribution in [0.5, 0.6) is 5.75 Å². The molecule has 5 heteroatoms. The molecule has 1 N–H and O–H groups in total. The molecular weight excluding hydrogens is 314 g/mol. The molecule has 2 fully saturated rings. The molecular formula is C20H25N3O2. The van der Waals surface area contributed by atoms with E-state index in [1.54, 1.807) is 0 Å². The van der Waals surface area contributed by atoms with Crippen molar-refractivity contribution in [1.82, 2.24) is 15.1 Å². The van der Waals surface area contributed by atoms with E-state index in [0.717, 1.165) is 62.2 Å². The second-order valence-corrected chi connectivity index (χ2v) is 6.83. The molecule has 1 unspecified atom stereocenters. The van der Waals surface area contributed by atoms with Gasteiger partial charge in [0.05, 0.1) is 0 Å². The summed E-state index contributed by atoms with van der Waals surface area (Å²) in [5.74, 6) is 0.870. The number of ether oxygens (including phenoxy) is 1. The van der Waals surface area contributed by atoms with Crippen molar-refractivity contribution in [3.8, 4) is 5.75 Å². The average molecular weight is 339 g/mol. The zero-order chi connectivity index (χ0) is 17.1. The molecule has 2 aromatic rings. The Bertz CT molecular complexity index is 737. The lowest BCUT2D eigenvalue weighted by Crippen LogP contribution is -2.49. The van der Waals surface area contributed by atoms with Gasteiger partial charge < -0.3 is 15.0 Å². The van der Waals surface area contributed by atoms with Crippen LogP contribution in [0, 0.1) is 0 Å². The van der Waals surface area contributed by atoms with Crippen LogP contribution in [-0.4, -0.2) is 67.6 Å². The van der Waals surface area contributed by atoms with Crippen molar-refractivity contribution in [2.24, 2.45) is 0 Å². The summed E-state index contributed by atoms with van der Waals surface area (Å²) in [6, 6.07) is 14.6. The fraction of sp³-hybridized carbons (Fsp3) is 0.450. The van der Waals surface area contributed by atoms with E-state index in [1.165, 1.54) is 0 Å². The topological polar surface area (TPSA) is 44.8 Å². The lowest BCUT2D eigenvalue weighted by atomic mass is 10.1. The summed E-state index contributed by atoms with van der Waals surface area (Å²) in [5.41, 5.74) is 0. The molecule has 1 amide bonds. The van der Waals surface area contributed by atoms with Gasteiger partial charge >= 0.3 is 0 Å². The minimum atomic E-state index is 0.0885. The predicted octanol–water partition coefficient (Wildman–Crippen LogP) is 1.72. The summed E-state index contributed by atoms with van der Waals surface area (Å²) in [6.45, 7) is 6.05. The van der Waals surface area contributed by atoms with Gasteiger partial charge in [-0.15, -0.1) is 0 Å². The summed E-state index contributed by atoms with van der Waals surface area (Å²) in [4.78, 5) is 17.0. The molecule has 2 heterocycles. The molecule has 0 radical (unpaired) electrons. The van der Waals surface area contributed by atoms with Gasteiger partial charge in [-0.05, 0) is 17.9 Å². The molecule has 0 spiro atoms. The molecule has 4 rings (SSSR count). The lowest BCUT2D eigenvalue weighted by Gasteiger charge is -2.32. The van der Waals surface area contributed by atoms with Gasteiger partial charge in [0.15, 0.2) is 6.61 Å². The normalized spacial score (nSPS) is 21.6. The second kappa shape index (κ2) is 7.42. The van der Waals surface area contributed by atoms with Crippen molar-refractivity contribution >= 4 is 16.7 Å². The fourth-order valence-electron chi connectivity index (χ4n) is 3.87. The Morgan fingerprint density at radius 2 is 1.88 bits per heavy atom. The number of piperazine rings is 1. The van der Waals surface area contributed by atoms with E-state index in [1.807, 2.05) is 35.2 Å². The van der Waals surface area contributed by atoms with Crippen molar-refractivity contribution in [2.45, 2.75) is 12.5 Å². The summed E-state index contributed by atoms with van der Waals surface area (Å²) in [6.07, 6.45) is 1.07. The molecule has 0 bridgehead atoms. The minimum Gasteiger partial charge on any atom is -0.483 e. The van der Waals surface area contributed by atoms with Crippen LogP contribution in [0.25, 0.3) is 10.8 Å². The molecule has 0 aromatic heterocycles. The van der Waals surface area contributed by atoms with Gasteiger partial charge in [-0.1, -0.05) is 36.4 Å². The summed E-state index contributed by atoms with van der Waals surface area (Å²) in [7, 11) is 0. The van der Waals surface area contributed by atoms with Gasteiger partial charge in [-0.2, -0.15) is 0 Å². The first-order valence-electron chi connectivity index (χ1n) is 9.14. The number of hydrogen-bond donors (Lipinski definition) is 1. The largest absolute Gasteiger partial charge is 0.483 e. The van der Waals surface area contributed by atoms with E-state index in [9.17, 15) is 4.79 Å². The maximum Gasteiger partial charge on any atom is 0.260 e. The van der Waals surface area contributed by atoms with Crippen LogP contribution < -0.4 is 10.1 Å². The van der Waals surface area contributed by atoms with E-state index in [0.29, 0.717) is 6.04 Å². The Morgan fingerprint density at radius 3 is 2.76 bits per heavy atom. The van der Waals surface area contributed by atoms with Crippen LogP contribution in [0.1, 0.15) is 6.42 Å². The van der Waals surface area contributed by atoms with Gasteiger partial charge in [0.25, 0.3) is 5.91 Å². The number of amides is 1.